The summed E-state index contributed by atoms with van der Waals surface area (Å²) in [5.74, 6) is 0. The van der Waals surface area contributed by atoms with Gasteiger partial charge in [0.15, 0.2) is 0 Å². The van der Waals surface area contributed by atoms with Crippen molar-refractivity contribution in [3.05, 3.63) is 0 Å². The van der Waals surface area contributed by atoms with Crippen molar-refractivity contribution in [3.63, 3.8) is 0 Å². The average molecular weight is 268 g/mol. The normalized spacial score (nSPS) is 25.3. The maximum atomic E-state index is 12.0. The van der Waals surface area contributed by atoms with Crippen molar-refractivity contribution >= 4 is 0 Å². The van der Waals surface area contributed by atoms with Gasteiger partial charge in [-0.3, -0.25) is 9.64 Å². The van der Waals surface area contributed by atoms with E-state index in [4.69, 9.17) is 0 Å². The summed E-state index contributed by atoms with van der Waals surface area (Å²) in [6.07, 6.45) is -2.50. The highest BCUT2D eigenvalue weighted by Gasteiger charge is 2.33. The number of ether oxygens (including phenoxy) is 1. The number of piperazine rings is 1. The van der Waals surface area contributed by atoms with Crippen LogP contribution in [0.2, 0.25) is 0 Å². The second-order valence-electron chi connectivity index (χ2n) is 5.47. The Balaban J connectivity index is 2.46. The summed E-state index contributed by atoms with van der Waals surface area (Å²) in [5.41, 5.74) is -0.0531. The largest absolute Gasteiger partial charge is 0.522 e. The molecule has 0 aromatic carbocycles. The fourth-order valence-corrected chi connectivity index (χ4v) is 2.37. The molecule has 6 heteroatoms. The lowest BCUT2D eigenvalue weighted by Crippen LogP contribution is -2.62. The maximum absolute atomic E-state index is 12.0. The number of hydrogen-bond donors (Lipinski definition) is 1. The van der Waals surface area contributed by atoms with Gasteiger partial charge in [-0.1, -0.05) is 13.3 Å². The molecular weight excluding hydrogens is 245 g/mol. The van der Waals surface area contributed by atoms with Crippen LogP contribution in [-0.2, 0) is 4.74 Å². The third-order valence-electron chi connectivity index (χ3n) is 3.20. The lowest BCUT2D eigenvalue weighted by Gasteiger charge is -2.44. The van der Waals surface area contributed by atoms with Crippen molar-refractivity contribution in [2.24, 2.45) is 0 Å². The number of nitrogens with one attached hydrogen (secondary N) is 1. The zero-order chi connectivity index (χ0) is 13.8. The Morgan fingerprint density at radius 1 is 1.39 bits per heavy atom. The number of halogens is 3. The SMILES string of the molecule is CCCC1CNC(C)(C)CN1CCOC(F)(F)F. The van der Waals surface area contributed by atoms with E-state index in [2.05, 4.69) is 35.7 Å². The Hall–Kier alpha value is -0.330. The Morgan fingerprint density at radius 3 is 2.61 bits per heavy atom. The summed E-state index contributed by atoms with van der Waals surface area (Å²) in [7, 11) is 0. The molecule has 18 heavy (non-hydrogen) atoms. The van der Waals surface area contributed by atoms with Crippen LogP contribution in [0.4, 0.5) is 13.2 Å². The highest BCUT2D eigenvalue weighted by atomic mass is 19.4. The van der Waals surface area contributed by atoms with Crippen molar-refractivity contribution < 1.29 is 17.9 Å². The molecule has 1 fully saturated rings. The van der Waals surface area contributed by atoms with Crippen LogP contribution in [-0.4, -0.2) is 49.1 Å². The molecule has 1 saturated heterocycles. The standard InChI is InChI=1S/C12H23F3N2O/c1-4-5-10-8-16-11(2,3)9-17(10)6-7-18-12(13,14)15/h10,16H,4-9H2,1-3H3. The van der Waals surface area contributed by atoms with Gasteiger partial charge in [0.1, 0.15) is 0 Å². The summed E-state index contributed by atoms with van der Waals surface area (Å²) in [6, 6.07) is 0.305. The Bertz CT molecular complexity index is 256. The third-order valence-corrected chi connectivity index (χ3v) is 3.20. The van der Waals surface area contributed by atoms with Crippen molar-refractivity contribution in [2.45, 2.75) is 51.6 Å². The first-order chi connectivity index (χ1) is 8.23. The first-order valence-corrected chi connectivity index (χ1v) is 6.43. The van der Waals surface area contributed by atoms with Gasteiger partial charge in [-0.25, -0.2) is 0 Å². The van der Waals surface area contributed by atoms with E-state index >= 15 is 0 Å². The second-order valence-corrected chi connectivity index (χ2v) is 5.47. The second kappa shape index (κ2) is 6.21. The van der Waals surface area contributed by atoms with Gasteiger partial charge in [-0.2, -0.15) is 0 Å². The fourth-order valence-electron chi connectivity index (χ4n) is 2.37. The third kappa shape index (κ3) is 5.54. The fraction of sp³-hybridized carbons (Fsp3) is 1.00. The number of hydrogen-bond acceptors (Lipinski definition) is 3. The summed E-state index contributed by atoms with van der Waals surface area (Å²) >= 11 is 0. The van der Waals surface area contributed by atoms with Crippen LogP contribution in [0.25, 0.3) is 0 Å². The molecule has 1 atom stereocenters. The van der Waals surface area contributed by atoms with E-state index in [1.165, 1.54) is 0 Å². The van der Waals surface area contributed by atoms with E-state index in [0.717, 1.165) is 25.9 Å². The van der Waals surface area contributed by atoms with Gasteiger partial charge in [0.05, 0.1) is 6.61 Å². The van der Waals surface area contributed by atoms with Gasteiger partial charge >= 0.3 is 6.36 Å². The predicted octanol–water partition coefficient (Wildman–Crippen LogP) is 2.38. The summed E-state index contributed by atoms with van der Waals surface area (Å²) < 4.78 is 39.7. The van der Waals surface area contributed by atoms with E-state index in [0.29, 0.717) is 12.6 Å². The molecular formula is C12H23F3N2O. The molecule has 0 aromatic heterocycles. The lowest BCUT2D eigenvalue weighted by atomic mass is 9.97. The van der Waals surface area contributed by atoms with Crippen LogP contribution in [0.1, 0.15) is 33.6 Å². The topological polar surface area (TPSA) is 24.5 Å². The average Bonchev–Trinajstić information content (AvgIpc) is 2.20. The van der Waals surface area contributed by atoms with Crippen LogP contribution >= 0.6 is 0 Å². The Labute approximate surface area is 107 Å². The molecule has 0 saturated carbocycles. The zero-order valence-electron chi connectivity index (χ0n) is 11.3. The number of rotatable bonds is 5. The lowest BCUT2D eigenvalue weighted by molar-refractivity contribution is -0.325. The van der Waals surface area contributed by atoms with Gasteiger partial charge in [0.2, 0.25) is 0 Å². The molecule has 0 aliphatic carbocycles. The summed E-state index contributed by atoms with van der Waals surface area (Å²) in [6.45, 7) is 7.82. The predicted molar refractivity (Wildman–Crippen MR) is 64.4 cm³/mol. The Kier molecular flexibility index (Phi) is 5.43. The molecule has 1 aliphatic rings. The van der Waals surface area contributed by atoms with Gasteiger partial charge in [0.25, 0.3) is 0 Å². The van der Waals surface area contributed by atoms with Crippen LogP contribution in [0, 0.1) is 0 Å². The molecule has 1 N–H and O–H groups in total. The molecule has 1 unspecified atom stereocenters. The van der Waals surface area contributed by atoms with Crippen LogP contribution < -0.4 is 5.32 Å². The number of nitrogens with zero attached hydrogens (tertiary/aromatic N) is 1. The molecule has 1 heterocycles. The highest BCUT2D eigenvalue weighted by molar-refractivity contribution is 4.91. The molecule has 0 amide bonds. The molecule has 0 bridgehead atoms. The highest BCUT2D eigenvalue weighted by Crippen LogP contribution is 2.20. The van der Waals surface area contributed by atoms with Crippen LogP contribution in [0.5, 0.6) is 0 Å². The Morgan fingerprint density at radius 2 is 2.06 bits per heavy atom. The van der Waals surface area contributed by atoms with Crippen molar-refractivity contribution in [1.82, 2.24) is 10.2 Å². The minimum absolute atomic E-state index is 0.0531. The monoisotopic (exact) mass is 268 g/mol. The summed E-state index contributed by atoms with van der Waals surface area (Å²) in [4.78, 5) is 2.10. The van der Waals surface area contributed by atoms with Gasteiger partial charge < -0.3 is 5.32 Å². The quantitative estimate of drug-likeness (QED) is 0.828. The van der Waals surface area contributed by atoms with E-state index in [-0.39, 0.29) is 12.1 Å². The van der Waals surface area contributed by atoms with Crippen molar-refractivity contribution in [1.29, 1.82) is 0 Å². The van der Waals surface area contributed by atoms with E-state index < -0.39 is 6.36 Å². The molecule has 0 radical (unpaired) electrons. The van der Waals surface area contributed by atoms with E-state index in [9.17, 15) is 13.2 Å². The minimum atomic E-state index is -4.52. The van der Waals surface area contributed by atoms with E-state index in [1.54, 1.807) is 0 Å². The molecule has 3 nitrogen and oxygen atoms in total. The zero-order valence-corrected chi connectivity index (χ0v) is 11.3. The molecule has 1 aliphatic heterocycles. The van der Waals surface area contributed by atoms with E-state index in [1.807, 2.05) is 0 Å². The van der Waals surface area contributed by atoms with Gasteiger partial charge in [0, 0.05) is 31.2 Å². The summed E-state index contributed by atoms with van der Waals surface area (Å²) in [5, 5.41) is 3.43. The molecule has 0 spiro atoms. The van der Waals surface area contributed by atoms with Crippen molar-refractivity contribution in [2.75, 3.05) is 26.2 Å². The number of alkyl halides is 3. The minimum Gasteiger partial charge on any atom is -0.309 e. The molecule has 0 aromatic rings. The van der Waals surface area contributed by atoms with Crippen molar-refractivity contribution in [3.8, 4) is 0 Å². The van der Waals surface area contributed by atoms with Crippen LogP contribution in [0.3, 0.4) is 0 Å². The van der Waals surface area contributed by atoms with Gasteiger partial charge in [-0.05, 0) is 20.3 Å². The van der Waals surface area contributed by atoms with Crippen LogP contribution in [0.15, 0.2) is 0 Å². The van der Waals surface area contributed by atoms with Gasteiger partial charge in [-0.15, -0.1) is 13.2 Å². The smallest absolute Gasteiger partial charge is 0.309 e. The maximum Gasteiger partial charge on any atom is 0.522 e. The first kappa shape index (κ1) is 15.7. The first-order valence-electron chi connectivity index (χ1n) is 6.43. The molecule has 108 valence electrons. The molecule has 1 rings (SSSR count).